The van der Waals surface area contributed by atoms with Crippen molar-refractivity contribution < 1.29 is 19.1 Å². The summed E-state index contributed by atoms with van der Waals surface area (Å²) >= 11 is 0. The lowest BCUT2D eigenvalue weighted by Gasteiger charge is -2.28. The van der Waals surface area contributed by atoms with Gasteiger partial charge in [-0.3, -0.25) is 9.59 Å². The first-order valence-electron chi connectivity index (χ1n) is 9.39. The molecule has 2 amide bonds. The quantitative estimate of drug-likeness (QED) is 0.605. The molecule has 6 nitrogen and oxygen atoms in total. The lowest BCUT2D eigenvalue weighted by Crippen LogP contribution is -2.49. The standard InChI is InChI=1S/C22H28N2O4/c1-18(22(26)23-14-9-15-27-2)24(16-19-10-5-3-6-11-19)21(25)17-28-20-12-7-4-8-13-20/h3-8,10-13,18H,9,14-17H2,1-2H3,(H,23,26). The Hall–Kier alpha value is -2.86. The van der Waals surface area contributed by atoms with E-state index < -0.39 is 6.04 Å². The molecule has 2 aromatic carbocycles. The van der Waals surface area contributed by atoms with Crippen molar-refractivity contribution in [2.45, 2.75) is 25.9 Å². The van der Waals surface area contributed by atoms with Crippen LogP contribution in [0.5, 0.6) is 5.75 Å². The number of carbonyl (C=O) groups excluding carboxylic acids is 2. The molecule has 0 aliphatic carbocycles. The molecule has 2 aromatic rings. The van der Waals surface area contributed by atoms with Crippen LogP contribution in [-0.2, 0) is 20.9 Å². The van der Waals surface area contributed by atoms with Crippen LogP contribution in [0.15, 0.2) is 60.7 Å². The molecule has 1 unspecified atom stereocenters. The van der Waals surface area contributed by atoms with Crippen LogP contribution in [0.1, 0.15) is 18.9 Å². The normalized spacial score (nSPS) is 11.5. The highest BCUT2D eigenvalue weighted by Gasteiger charge is 2.26. The van der Waals surface area contributed by atoms with E-state index >= 15 is 0 Å². The molecule has 0 bridgehead atoms. The molecule has 0 aliphatic heterocycles. The Morgan fingerprint density at radius 3 is 2.32 bits per heavy atom. The van der Waals surface area contributed by atoms with E-state index in [1.165, 1.54) is 0 Å². The minimum Gasteiger partial charge on any atom is -0.484 e. The number of amides is 2. The van der Waals surface area contributed by atoms with Crippen LogP contribution in [0.25, 0.3) is 0 Å². The van der Waals surface area contributed by atoms with Crippen molar-refractivity contribution >= 4 is 11.8 Å². The zero-order chi connectivity index (χ0) is 20.2. The number of hydrogen-bond donors (Lipinski definition) is 1. The molecule has 28 heavy (non-hydrogen) atoms. The third kappa shape index (κ3) is 7.04. The largest absolute Gasteiger partial charge is 0.484 e. The van der Waals surface area contributed by atoms with Crippen LogP contribution in [-0.4, -0.2) is 49.6 Å². The van der Waals surface area contributed by atoms with Gasteiger partial charge in [-0.25, -0.2) is 0 Å². The predicted molar refractivity (Wildman–Crippen MR) is 108 cm³/mol. The van der Waals surface area contributed by atoms with Crippen LogP contribution < -0.4 is 10.1 Å². The summed E-state index contributed by atoms with van der Waals surface area (Å²) in [5, 5.41) is 2.86. The molecule has 0 aliphatic rings. The number of para-hydroxylation sites is 1. The van der Waals surface area contributed by atoms with Gasteiger partial charge in [0, 0.05) is 26.8 Å². The van der Waals surface area contributed by atoms with Gasteiger partial charge in [0.2, 0.25) is 5.91 Å². The van der Waals surface area contributed by atoms with E-state index in [1.807, 2.05) is 48.5 Å². The van der Waals surface area contributed by atoms with Crippen LogP contribution in [0, 0.1) is 0 Å². The van der Waals surface area contributed by atoms with Crippen molar-refractivity contribution in [1.29, 1.82) is 0 Å². The molecule has 6 heteroatoms. The smallest absolute Gasteiger partial charge is 0.261 e. The van der Waals surface area contributed by atoms with Crippen molar-refractivity contribution in [2.24, 2.45) is 0 Å². The minimum atomic E-state index is -0.616. The van der Waals surface area contributed by atoms with Crippen LogP contribution in [0.3, 0.4) is 0 Å². The molecule has 1 atom stereocenters. The van der Waals surface area contributed by atoms with Gasteiger partial charge in [-0.05, 0) is 31.0 Å². The fraction of sp³-hybridized carbons (Fsp3) is 0.364. The van der Waals surface area contributed by atoms with Gasteiger partial charge >= 0.3 is 0 Å². The van der Waals surface area contributed by atoms with Crippen LogP contribution in [0.2, 0.25) is 0 Å². The number of ether oxygens (including phenoxy) is 2. The Kier molecular flexibility index (Phi) is 9.01. The van der Waals surface area contributed by atoms with E-state index in [0.29, 0.717) is 25.4 Å². The summed E-state index contributed by atoms with van der Waals surface area (Å²) in [5.41, 5.74) is 0.953. The molecule has 0 saturated carbocycles. The number of nitrogens with one attached hydrogen (secondary N) is 1. The Bertz CT molecular complexity index is 722. The van der Waals surface area contributed by atoms with E-state index in [0.717, 1.165) is 12.0 Å². The summed E-state index contributed by atoms with van der Waals surface area (Å²) < 4.78 is 10.6. The first kappa shape index (κ1) is 21.4. The number of rotatable bonds is 11. The maximum absolute atomic E-state index is 12.8. The molecule has 0 aromatic heterocycles. The van der Waals surface area contributed by atoms with Gasteiger partial charge in [-0.2, -0.15) is 0 Å². The second-order valence-corrected chi connectivity index (χ2v) is 6.42. The fourth-order valence-electron chi connectivity index (χ4n) is 2.68. The van der Waals surface area contributed by atoms with Crippen molar-refractivity contribution in [3.8, 4) is 5.75 Å². The molecule has 0 fully saturated rings. The maximum atomic E-state index is 12.8. The average molecular weight is 384 g/mol. The van der Waals surface area contributed by atoms with Crippen molar-refractivity contribution in [3.05, 3.63) is 66.2 Å². The van der Waals surface area contributed by atoms with Crippen LogP contribution >= 0.6 is 0 Å². The minimum absolute atomic E-state index is 0.127. The Morgan fingerprint density at radius 1 is 1.04 bits per heavy atom. The number of nitrogens with zero attached hydrogens (tertiary/aromatic N) is 1. The third-order valence-corrected chi connectivity index (χ3v) is 4.29. The summed E-state index contributed by atoms with van der Waals surface area (Å²) in [6, 6.07) is 18.1. The van der Waals surface area contributed by atoms with Crippen molar-refractivity contribution in [1.82, 2.24) is 10.2 Å². The van der Waals surface area contributed by atoms with Crippen LogP contribution in [0.4, 0.5) is 0 Å². The highest BCUT2D eigenvalue weighted by atomic mass is 16.5. The van der Waals surface area contributed by atoms with E-state index in [2.05, 4.69) is 5.32 Å². The highest BCUT2D eigenvalue weighted by molar-refractivity contribution is 5.87. The van der Waals surface area contributed by atoms with E-state index in [1.54, 1.807) is 31.1 Å². The second-order valence-electron chi connectivity index (χ2n) is 6.42. The van der Waals surface area contributed by atoms with E-state index in [-0.39, 0.29) is 18.4 Å². The van der Waals surface area contributed by atoms with Gasteiger partial charge in [0.25, 0.3) is 5.91 Å². The molecular weight excluding hydrogens is 356 g/mol. The number of carbonyl (C=O) groups is 2. The maximum Gasteiger partial charge on any atom is 0.261 e. The lowest BCUT2D eigenvalue weighted by atomic mass is 10.1. The molecule has 0 saturated heterocycles. The molecule has 1 N–H and O–H groups in total. The van der Waals surface area contributed by atoms with Gasteiger partial charge in [-0.1, -0.05) is 48.5 Å². The van der Waals surface area contributed by atoms with E-state index in [4.69, 9.17) is 9.47 Å². The number of hydrogen-bond acceptors (Lipinski definition) is 4. The topological polar surface area (TPSA) is 67.9 Å². The summed E-state index contributed by atoms with van der Waals surface area (Å²) in [6.45, 7) is 3.02. The number of methoxy groups -OCH3 is 1. The zero-order valence-corrected chi connectivity index (χ0v) is 16.5. The first-order chi connectivity index (χ1) is 13.6. The molecule has 0 radical (unpaired) electrons. The fourth-order valence-corrected chi connectivity index (χ4v) is 2.68. The Balaban J connectivity index is 2.02. The summed E-state index contributed by atoms with van der Waals surface area (Å²) in [4.78, 5) is 26.9. The second kappa shape index (κ2) is 11.8. The van der Waals surface area contributed by atoms with Crippen molar-refractivity contribution in [2.75, 3.05) is 26.9 Å². The van der Waals surface area contributed by atoms with Gasteiger partial charge in [0.05, 0.1) is 0 Å². The van der Waals surface area contributed by atoms with Gasteiger partial charge in [0.15, 0.2) is 6.61 Å². The molecule has 0 spiro atoms. The van der Waals surface area contributed by atoms with Gasteiger partial charge < -0.3 is 19.7 Å². The molecule has 150 valence electrons. The SMILES string of the molecule is COCCCNC(=O)C(C)N(Cc1ccccc1)C(=O)COc1ccccc1. The summed E-state index contributed by atoms with van der Waals surface area (Å²) in [5.74, 6) is 0.180. The highest BCUT2D eigenvalue weighted by Crippen LogP contribution is 2.12. The summed E-state index contributed by atoms with van der Waals surface area (Å²) in [6.07, 6.45) is 0.721. The summed E-state index contributed by atoms with van der Waals surface area (Å²) in [7, 11) is 1.62. The predicted octanol–water partition coefficient (Wildman–Crippen LogP) is 2.64. The molecular formula is C22H28N2O4. The van der Waals surface area contributed by atoms with Gasteiger partial charge in [0.1, 0.15) is 11.8 Å². The van der Waals surface area contributed by atoms with Gasteiger partial charge in [-0.15, -0.1) is 0 Å². The average Bonchev–Trinajstić information content (AvgIpc) is 2.74. The van der Waals surface area contributed by atoms with Crippen molar-refractivity contribution in [3.63, 3.8) is 0 Å². The molecule has 2 rings (SSSR count). The Morgan fingerprint density at radius 2 is 1.68 bits per heavy atom. The molecule has 0 heterocycles. The third-order valence-electron chi connectivity index (χ3n) is 4.29. The lowest BCUT2D eigenvalue weighted by molar-refractivity contribution is -0.142. The zero-order valence-electron chi connectivity index (χ0n) is 16.5. The monoisotopic (exact) mass is 384 g/mol. The Labute approximate surface area is 166 Å². The first-order valence-corrected chi connectivity index (χ1v) is 9.39. The number of benzene rings is 2. The van der Waals surface area contributed by atoms with E-state index in [9.17, 15) is 9.59 Å².